The van der Waals surface area contributed by atoms with E-state index in [4.69, 9.17) is 25.5 Å². The van der Waals surface area contributed by atoms with Crippen molar-refractivity contribution in [1.82, 2.24) is 4.90 Å². The maximum absolute atomic E-state index is 12.2. The summed E-state index contributed by atoms with van der Waals surface area (Å²) in [7, 11) is 0. The van der Waals surface area contributed by atoms with Crippen LogP contribution in [0.3, 0.4) is 0 Å². The molecule has 0 aliphatic carbocycles. The zero-order valence-corrected chi connectivity index (χ0v) is 14.3. The summed E-state index contributed by atoms with van der Waals surface area (Å²) >= 11 is 6.33. The van der Waals surface area contributed by atoms with E-state index in [2.05, 4.69) is 0 Å². The number of halogens is 1. The third-order valence-corrected chi connectivity index (χ3v) is 4.33. The molecule has 0 saturated carbocycles. The summed E-state index contributed by atoms with van der Waals surface area (Å²) < 4.78 is 15.9. The molecule has 0 bridgehead atoms. The second kappa shape index (κ2) is 6.73. The van der Waals surface area contributed by atoms with Gasteiger partial charge in [0.25, 0.3) is 0 Å². The van der Waals surface area contributed by atoms with E-state index >= 15 is 0 Å². The zero-order valence-electron chi connectivity index (χ0n) is 13.6. The maximum atomic E-state index is 12.2. The van der Waals surface area contributed by atoms with Gasteiger partial charge >= 0.3 is 12.1 Å². The van der Waals surface area contributed by atoms with Crippen LogP contribution in [0.4, 0.5) is 4.79 Å². The average molecular weight is 352 g/mol. The van der Waals surface area contributed by atoms with E-state index in [1.165, 1.54) is 0 Å². The minimum absolute atomic E-state index is 0.117. The Morgan fingerprint density at radius 3 is 2.67 bits per heavy atom. The number of nitrogens with zero attached hydrogens (tertiary/aromatic N) is 1. The van der Waals surface area contributed by atoms with Crippen LogP contribution in [0.1, 0.15) is 35.5 Å². The zero-order chi connectivity index (χ0) is 17.3. The Balaban J connectivity index is 2.12. The molecule has 2 aromatic rings. The van der Waals surface area contributed by atoms with Crippen molar-refractivity contribution in [2.75, 3.05) is 19.8 Å². The Bertz CT molecular complexity index is 798. The summed E-state index contributed by atoms with van der Waals surface area (Å²) in [4.78, 5) is 26.0. The summed E-state index contributed by atoms with van der Waals surface area (Å²) in [5.41, 5.74) is 2.06. The third kappa shape index (κ3) is 2.82. The van der Waals surface area contributed by atoms with Crippen molar-refractivity contribution >= 4 is 34.6 Å². The van der Waals surface area contributed by atoms with Gasteiger partial charge in [-0.15, -0.1) is 0 Å². The molecular weight excluding hydrogens is 334 g/mol. The van der Waals surface area contributed by atoms with Gasteiger partial charge in [-0.3, -0.25) is 0 Å². The molecular formula is C17H18ClNO5. The van der Waals surface area contributed by atoms with Crippen molar-refractivity contribution in [3.05, 3.63) is 34.0 Å². The molecule has 1 amide bonds. The van der Waals surface area contributed by atoms with E-state index in [-0.39, 0.29) is 25.5 Å². The monoisotopic (exact) mass is 351 g/mol. The molecule has 0 N–H and O–H groups in total. The molecule has 1 aromatic carbocycles. The van der Waals surface area contributed by atoms with Crippen molar-refractivity contribution in [2.45, 2.75) is 26.8 Å². The lowest BCUT2D eigenvalue weighted by Gasteiger charge is -2.19. The standard InChI is InChI=1S/C17H18ClNO5/c1-3-22-16(20)15-11-9-19(17(21)23-4-2)8-7-10-12(18)5-6-13(24-15)14(10)11/h5-6H,3-4,7-9H2,1-2H3. The van der Waals surface area contributed by atoms with E-state index in [0.717, 1.165) is 10.9 Å². The fourth-order valence-corrected chi connectivity index (χ4v) is 3.20. The van der Waals surface area contributed by atoms with Gasteiger partial charge in [0.1, 0.15) is 5.58 Å². The van der Waals surface area contributed by atoms with E-state index in [9.17, 15) is 9.59 Å². The van der Waals surface area contributed by atoms with Gasteiger partial charge in [-0.2, -0.15) is 0 Å². The fraction of sp³-hybridized carbons (Fsp3) is 0.412. The van der Waals surface area contributed by atoms with Gasteiger partial charge in [0.05, 0.1) is 19.8 Å². The number of carbonyl (C=O) groups is 2. The summed E-state index contributed by atoms with van der Waals surface area (Å²) in [6.07, 6.45) is 0.134. The lowest BCUT2D eigenvalue weighted by Crippen LogP contribution is -2.32. The molecule has 6 nitrogen and oxygen atoms in total. The van der Waals surface area contributed by atoms with Crippen molar-refractivity contribution < 1.29 is 23.5 Å². The quantitative estimate of drug-likeness (QED) is 0.787. The van der Waals surface area contributed by atoms with Crippen LogP contribution in [0.2, 0.25) is 5.02 Å². The molecule has 24 heavy (non-hydrogen) atoms. The lowest BCUT2D eigenvalue weighted by atomic mass is 10.0. The minimum Gasteiger partial charge on any atom is -0.460 e. The highest BCUT2D eigenvalue weighted by atomic mass is 35.5. The number of hydrogen-bond donors (Lipinski definition) is 0. The number of carbonyl (C=O) groups excluding carboxylic acids is 2. The first-order chi connectivity index (χ1) is 11.6. The summed E-state index contributed by atoms with van der Waals surface area (Å²) in [5, 5.41) is 1.38. The van der Waals surface area contributed by atoms with Gasteiger partial charge in [-0.05, 0) is 38.0 Å². The van der Waals surface area contributed by atoms with Crippen LogP contribution in [0.5, 0.6) is 0 Å². The van der Waals surface area contributed by atoms with Crippen molar-refractivity contribution in [3.8, 4) is 0 Å². The van der Waals surface area contributed by atoms with E-state index in [0.29, 0.717) is 29.1 Å². The van der Waals surface area contributed by atoms with Crippen LogP contribution < -0.4 is 0 Å². The Kier molecular flexibility index (Phi) is 4.66. The summed E-state index contributed by atoms with van der Waals surface area (Å²) in [6, 6.07) is 3.47. The van der Waals surface area contributed by atoms with Gasteiger partial charge < -0.3 is 18.8 Å². The highest BCUT2D eigenvalue weighted by Crippen LogP contribution is 2.36. The molecule has 3 rings (SSSR count). The molecule has 1 aliphatic rings. The second-order valence-corrected chi connectivity index (χ2v) is 5.81. The van der Waals surface area contributed by atoms with Crippen LogP contribution >= 0.6 is 11.6 Å². The topological polar surface area (TPSA) is 69.0 Å². The molecule has 7 heteroatoms. The van der Waals surface area contributed by atoms with Crippen LogP contribution in [0, 0.1) is 0 Å². The number of hydrogen-bond acceptors (Lipinski definition) is 5. The number of ether oxygens (including phenoxy) is 2. The second-order valence-electron chi connectivity index (χ2n) is 5.40. The molecule has 0 fully saturated rings. The summed E-state index contributed by atoms with van der Waals surface area (Å²) in [5.74, 6) is -0.428. The smallest absolute Gasteiger partial charge is 0.410 e. The number of benzene rings is 1. The third-order valence-electron chi connectivity index (χ3n) is 3.97. The maximum Gasteiger partial charge on any atom is 0.410 e. The van der Waals surface area contributed by atoms with Gasteiger partial charge in [0.2, 0.25) is 5.76 Å². The Morgan fingerprint density at radius 2 is 1.96 bits per heavy atom. The van der Waals surface area contributed by atoms with Crippen LogP contribution in [0.25, 0.3) is 11.0 Å². The van der Waals surface area contributed by atoms with Crippen molar-refractivity contribution in [2.24, 2.45) is 0 Å². The lowest BCUT2D eigenvalue weighted by molar-refractivity contribution is 0.0487. The molecule has 2 heterocycles. The first kappa shape index (κ1) is 16.6. The molecule has 1 aromatic heterocycles. The molecule has 0 unspecified atom stereocenters. The van der Waals surface area contributed by atoms with E-state index in [1.54, 1.807) is 30.9 Å². The molecule has 1 aliphatic heterocycles. The first-order valence-corrected chi connectivity index (χ1v) is 8.26. The summed E-state index contributed by atoms with van der Waals surface area (Å²) in [6.45, 7) is 4.67. The minimum atomic E-state index is -0.545. The Labute approximate surface area is 144 Å². The van der Waals surface area contributed by atoms with Crippen LogP contribution in [-0.2, 0) is 22.4 Å². The first-order valence-electron chi connectivity index (χ1n) is 7.88. The van der Waals surface area contributed by atoms with E-state index in [1.807, 2.05) is 0 Å². The largest absolute Gasteiger partial charge is 0.460 e. The number of esters is 1. The van der Waals surface area contributed by atoms with Gasteiger partial charge in [-0.25, -0.2) is 9.59 Å². The average Bonchev–Trinajstić information content (AvgIpc) is 2.79. The highest BCUT2D eigenvalue weighted by Gasteiger charge is 2.30. The Hall–Kier alpha value is -2.21. The Morgan fingerprint density at radius 1 is 1.21 bits per heavy atom. The molecule has 0 atom stereocenters. The predicted octanol–water partition coefficient (Wildman–Crippen LogP) is 3.78. The number of rotatable bonds is 3. The van der Waals surface area contributed by atoms with Crippen molar-refractivity contribution in [3.63, 3.8) is 0 Å². The van der Waals surface area contributed by atoms with E-state index < -0.39 is 12.1 Å². The normalized spacial score (nSPS) is 13.7. The van der Waals surface area contributed by atoms with Gasteiger partial charge in [0, 0.05) is 22.5 Å². The molecule has 128 valence electrons. The van der Waals surface area contributed by atoms with Crippen LogP contribution in [-0.4, -0.2) is 36.7 Å². The van der Waals surface area contributed by atoms with Crippen LogP contribution in [0.15, 0.2) is 16.5 Å². The molecule has 0 radical (unpaired) electrons. The molecule has 0 spiro atoms. The SMILES string of the molecule is CCOC(=O)c1oc2ccc(Cl)c3c2c1CN(C(=O)OCC)CC3. The number of furan rings is 1. The highest BCUT2D eigenvalue weighted by molar-refractivity contribution is 6.32. The fourth-order valence-electron chi connectivity index (χ4n) is 2.95. The van der Waals surface area contributed by atoms with Gasteiger partial charge in [0.15, 0.2) is 0 Å². The predicted molar refractivity (Wildman–Crippen MR) is 88.3 cm³/mol. The van der Waals surface area contributed by atoms with Gasteiger partial charge in [-0.1, -0.05) is 11.6 Å². The van der Waals surface area contributed by atoms with Crippen molar-refractivity contribution in [1.29, 1.82) is 0 Å². The number of amides is 1. The molecule has 0 saturated heterocycles.